The largest absolute Gasteiger partial charge is 0.497 e. The van der Waals surface area contributed by atoms with E-state index in [4.69, 9.17) is 4.74 Å². The molecule has 0 saturated heterocycles. The Labute approximate surface area is 119 Å². The molecule has 104 valence electrons. The highest BCUT2D eigenvalue weighted by molar-refractivity contribution is 5.92. The van der Waals surface area contributed by atoms with Gasteiger partial charge in [-0.15, -0.1) is 0 Å². The van der Waals surface area contributed by atoms with Gasteiger partial charge < -0.3 is 10.1 Å². The standard InChI is InChI=1S/C17H20N2O/c1-20-15-7-6-14-9-11-19-17(16(14)12-15)18-10-8-13-4-2-3-5-13/h4,6-7,9,11-12H,2-3,5,8,10H2,1H3,(H,18,19). The molecule has 1 heterocycles. The molecule has 0 spiro atoms. The molecule has 3 rings (SSSR count). The lowest BCUT2D eigenvalue weighted by molar-refractivity contribution is 0.415. The summed E-state index contributed by atoms with van der Waals surface area (Å²) >= 11 is 0. The molecule has 0 atom stereocenters. The minimum absolute atomic E-state index is 0.868. The molecule has 1 aliphatic rings. The van der Waals surface area contributed by atoms with E-state index < -0.39 is 0 Å². The van der Waals surface area contributed by atoms with Crippen LogP contribution in [0.2, 0.25) is 0 Å². The molecule has 20 heavy (non-hydrogen) atoms. The van der Waals surface area contributed by atoms with Gasteiger partial charge in [0.25, 0.3) is 0 Å². The first-order valence-corrected chi connectivity index (χ1v) is 7.21. The Morgan fingerprint density at radius 3 is 3.05 bits per heavy atom. The summed E-state index contributed by atoms with van der Waals surface area (Å²) < 4.78 is 5.30. The number of nitrogens with one attached hydrogen (secondary N) is 1. The number of hydrogen-bond donors (Lipinski definition) is 1. The van der Waals surface area contributed by atoms with E-state index in [9.17, 15) is 0 Å². The fraction of sp³-hybridized carbons (Fsp3) is 0.353. The van der Waals surface area contributed by atoms with Crippen molar-refractivity contribution in [1.29, 1.82) is 0 Å². The van der Waals surface area contributed by atoms with Crippen molar-refractivity contribution < 1.29 is 4.74 Å². The van der Waals surface area contributed by atoms with Gasteiger partial charge in [-0.2, -0.15) is 0 Å². The molecule has 2 aromatic rings. The Bertz CT molecular complexity index is 634. The Balaban J connectivity index is 1.76. The molecule has 3 heteroatoms. The summed E-state index contributed by atoms with van der Waals surface area (Å²) in [4.78, 5) is 4.46. The number of fused-ring (bicyclic) bond motifs is 1. The first-order chi connectivity index (χ1) is 9.86. The van der Waals surface area contributed by atoms with Crippen LogP contribution in [0.25, 0.3) is 10.8 Å². The molecule has 0 fully saturated rings. The van der Waals surface area contributed by atoms with E-state index in [0.717, 1.165) is 29.9 Å². The van der Waals surface area contributed by atoms with Crippen molar-refractivity contribution in [2.24, 2.45) is 0 Å². The molecule has 0 unspecified atom stereocenters. The molecule has 1 N–H and O–H groups in total. The lowest BCUT2D eigenvalue weighted by Crippen LogP contribution is -2.04. The maximum atomic E-state index is 5.30. The SMILES string of the molecule is COc1ccc2ccnc(NCCC3=CCCC3)c2c1. The zero-order chi connectivity index (χ0) is 13.8. The van der Waals surface area contributed by atoms with Gasteiger partial charge in [-0.25, -0.2) is 4.98 Å². The van der Waals surface area contributed by atoms with E-state index in [0.29, 0.717) is 0 Å². The topological polar surface area (TPSA) is 34.1 Å². The van der Waals surface area contributed by atoms with Gasteiger partial charge in [0.05, 0.1) is 7.11 Å². The highest BCUT2D eigenvalue weighted by Gasteiger charge is 2.06. The van der Waals surface area contributed by atoms with Crippen LogP contribution in [-0.4, -0.2) is 18.6 Å². The smallest absolute Gasteiger partial charge is 0.133 e. The number of benzene rings is 1. The van der Waals surface area contributed by atoms with E-state index in [-0.39, 0.29) is 0 Å². The van der Waals surface area contributed by atoms with Crippen LogP contribution in [0.3, 0.4) is 0 Å². The van der Waals surface area contributed by atoms with Crippen molar-refractivity contribution >= 4 is 16.6 Å². The van der Waals surface area contributed by atoms with Gasteiger partial charge in [0, 0.05) is 18.1 Å². The second kappa shape index (κ2) is 5.95. The van der Waals surface area contributed by atoms with Crippen molar-refractivity contribution in [3.63, 3.8) is 0 Å². The van der Waals surface area contributed by atoms with Crippen molar-refractivity contribution in [1.82, 2.24) is 4.98 Å². The highest BCUT2D eigenvalue weighted by Crippen LogP contribution is 2.26. The van der Waals surface area contributed by atoms with Crippen LogP contribution in [0.5, 0.6) is 5.75 Å². The van der Waals surface area contributed by atoms with Crippen molar-refractivity contribution in [3.05, 3.63) is 42.1 Å². The quantitative estimate of drug-likeness (QED) is 0.827. The number of pyridine rings is 1. The predicted molar refractivity (Wildman–Crippen MR) is 83.3 cm³/mol. The van der Waals surface area contributed by atoms with Crippen LogP contribution in [-0.2, 0) is 0 Å². The summed E-state index contributed by atoms with van der Waals surface area (Å²) in [5.41, 5.74) is 1.58. The van der Waals surface area contributed by atoms with Crippen LogP contribution >= 0.6 is 0 Å². The van der Waals surface area contributed by atoms with E-state index in [2.05, 4.69) is 22.4 Å². The van der Waals surface area contributed by atoms with Crippen LogP contribution in [0, 0.1) is 0 Å². The molecule has 1 aromatic heterocycles. The highest BCUT2D eigenvalue weighted by atomic mass is 16.5. The summed E-state index contributed by atoms with van der Waals surface area (Å²) in [5, 5.41) is 5.76. The molecule has 0 amide bonds. The number of aromatic nitrogens is 1. The third kappa shape index (κ3) is 2.77. The van der Waals surface area contributed by atoms with E-state index in [1.54, 1.807) is 12.7 Å². The minimum Gasteiger partial charge on any atom is -0.497 e. The lowest BCUT2D eigenvalue weighted by Gasteiger charge is -2.10. The summed E-state index contributed by atoms with van der Waals surface area (Å²) in [6.45, 7) is 0.940. The van der Waals surface area contributed by atoms with Crippen LogP contribution in [0.4, 0.5) is 5.82 Å². The third-order valence-corrected chi connectivity index (χ3v) is 3.85. The number of anilines is 1. The number of rotatable bonds is 5. The fourth-order valence-electron chi connectivity index (χ4n) is 2.72. The van der Waals surface area contributed by atoms with Gasteiger partial charge in [-0.1, -0.05) is 17.7 Å². The maximum Gasteiger partial charge on any atom is 0.133 e. The average Bonchev–Trinajstić information content (AvgIpc) is 3.00. The van der Waals surface area contributed by atoms with Crippen molar-refractivity contribution in [2.45, 2.75) is 25.7 Å². The molecular weight excluding hydrogens is 248 g/mol. The second-order valence-corrected chi connectivity index (χ2v) is 5.18. The molecular formula is C17H20N2O. The van der Waals surface area contributed by atoms with Gasteiger partial charge in [0.15, 0.2) is 0 Å². The zero-order valence-corrected chi connectivity index (χ0v) is 11.9. The predicted octanol–water partition coefficient (Wildman–Crippen LogP) is 4.16. The Morgan fingerprint density at radius 2 is 2.25 bits per heavy atom. The zero-order valence-electron chi connectivity index (χ0n) is 11.9. The maximum absolute atomic E-state index is 5.30. The Kier molecular flexibility index (Phi) is 3.86. The summed E-state index contributed by atoms with van der Waals surface area (Å²) in [6.07, 6.45) is 9.17. The molecule has 0 bridgehead atoms. The second-order valence-electron chi connectivity index (χ2n) is 5.18. The minimum atomic E-state index is 0.868. The van der Waals surface area contributed by atoms with Gasteiger partial charge in [-0.05, 0) is 49.3 Å². The number of hydrogen-bond acceptors (Lipinski definition) is 3. The van der Waals surface area contributed by atoms with Crippen molar-refractivity contribution in [2.75, 3.05) is 19.0 Å². The fourth-order valence-corrected chi connectivity index (χ4v) is 2.72. The van der Waals surface area contributed by atoms with Crippen LogP contribution in [0.15, 0.2) is 42.1 Å². The molecule has 0 saturated carbocycles. The molecule has 1 aliphatic carbocycles. The lowest BCUT2D eigenvalue weighted by atomic mass is 10.1. The summed E-state index contributed by atoms with van der Waals surface area (Å²) in [6, 6.07) is 8.12. The van der Waals surface area contributed by atoms with Crippen molar-refractivity contribution in [3.8, 4) is 5.75 Å². The number of ether oxygens (including phenoxy) is 1. The first kappa shape index (κ1) is 13.0. The van der Waals surface area contributed by atoms with E-state index >= 15 is 0 Å². The van der Waals surface area contributed by atoms with Crippen LogP contribution < -0.4 is 10.1 Å². The molecule has 1 aromatic carbocycles. The monoisotopic (exact) mass is 268 g/mol. The third-order valence-electron chi connectivity index (χ3n) is 3.85. The Morgan fingerprint density at radius 1 is 1.30 bits per heavy atom. The average molecular weight is 268 g/mol. The van der Waals surface area contributed by atoms with E-state index in [1.807, 2.05) is 24.4 Å². The number of methoxy groups -OCH3 is 1. The Hall–Kier alpha value is -2.03. The number of allylic oxidation sites excluding steroid dienone is 1. The summed E-state index contributed by atoms with van der Waals surface area (Å²) in [5.74, 6) is 1.81. The van der Waals surface area contributed by atoms with Gasteiger partial charge in [-0.3, -0.25) is 0 Å². The van der Waals surface area contributed by atoms with Gasteiger partial charge >= 0.3 is 0 Å². The van der Waals surface area contributed by atoms with Crippen LogP contribution in [0.1, 0.15) is 25.7 Å². The normalized spacial score (nSPS) is 14.3. The first-order valence-electron chi connectivity index (χ1n) is 7.21. The number of nitrogens with zero attached hydrogens (tertiary/aromatic N) is 1. The molecule has 3 nitrogen and oxygen atoms in total. The van der Waals surface area contributed by atoms with Gasteiger partial charge in [0.1, 0.15) is 11.6 Å². The van der Waals surface area contributed by atoms with E-state index in [1.165, 1.54) is 24.6 Å². The summed E-state index contributed by atoms with van der Waals surface area (Å²) in [7, 11) is 1.69. The molecule has 0 radical (unpaired) electrons. The van der Waals surface area contributed by atoms with Gasteiger partial charge in [0.2, 0.25) is 0 Å². The molecule has 0 aliphatic heterocycles.